The Morgan fingerprint density at radius 1 is 0.900 bits per heavy atom. The third-order valence-electron chi connectivity index (χ3n) is 4.36. The third kappa shape index (κ3) is 9.58. The van der Waals surface area contributed by atoms with Crippen molar-refractivity contribution in [2.24, 2.45) is 0 Å². The number of alkyl halides is 6. The maximum absolute atomic E-state index is 12.9. The average molecular weight is 615 g/mol. The smallest absolute Gasteiger partial charge is 0.457 e. The third-order valence-corrected chi connectivity index (χ3v) is 5.28. The summed E-state index contributed by atoms with van der Waals surface area (Å²) in [5.74, 6) is 0.460. The zero-order chi connectivity index (χ0) is 30.3. The van der Waals surface area contributed by atoms with Crippen molar-refractivity contribution >= 4 is 45.0 Å². The van der Waals surface area contributed by atoms with E-state index in [1.807, 2.05) is 0 Å². The number of benzene rings is 2. The first-order chi connectivity index (χ1) is 18.4. The molecule has 0 bridgehead atoms. The molecule has 0 atom stereocenters. The van der Waals surface area contributed by atoms with Gasteiger partial charge < -0.3 is 20.7 Å². The fraction of sp³-hybridized carbons (Fsp3) is 0.136. The molecule has 1 heterocycles. The van der Waals surface area contributed by atoms with Gasteiger partial charge in [-0.1, -0.05) is 11.6 Å². The lowest BCUT2D eigenvalue weighted by Crippen LogP contribution is -2.21. The molecule has 0 aliphatic heterocycles. The molecule has 0 aliphatic rings. The Balaban J connectivity index is 0.000000611. The Hall–Kier alpha value is -4.09. The van der Waals surface area contributed by atoms with Gasteiger partial charge in [-0.3, -0.25) is 14.3 Å². The lowest BCUT2D eigenvalue weighted by molar-refractivity contribution is -0.137. The SMILES string of the molecule is CNC(=O)c1cc(Oc2ccc(NC(=O)Nc3ccc(Cl)c(C(F)(F)F)c3)cc2)ccn1.O=S(=O)(O)C(F)(F)F. The van der Waals surface area contributed by atoms with E-state index in [0.717, 1.165) is 12.1 Å². The number of anilines is 2. The van der Waals surface area contributed by atoms with Crippen LogP contribution in [0.5, 0.6) is 11.5 Å². The molecule has 0 radical (unpaired) electrons. The van der Waals surface area contributed by atoms with Gasteiger partial charge in [-0.2, -0.15) is 34.8 Å². The maximum atomic E-state index is 12.9. The fourth-order valence-corrected chi connectivity index (χ4v) is 2.81. The maximum Gasteiger partial charge on any atom is 0.522 e. The first kappa shape index (κ1) is 32.1. The predicted molar refractivity (Wildman–Crippen MR) is 131 cm³/mol. The van der Waals surface area contributed by atoms with E-state index in [4.69, 9.17) is 29.3 Å². The second kappa shape index (κ2) is 12.8. The Labute approximate surface area is 227 Å². The molecule has 0 saturated carbocycles. The number of ether oxygens (including phenoxy) is 1. The molecule has 0 unspecified atom stereocenters. The number of amides is 3. The molecule has 2 aromatic carbocycles. The van der Waals surface area contributed by atoms with Crippen molar-refractivity contribution in [1.29, 1.82) is 0 Å². The van der Waals surface area contributed by atoms with E-state index < -0.39 is 38.4 Å². The van der Waals surface area contributed by atoms with E-state index >= 15 is 0 Å². The number of hydrogen-bond acceptors (Lipinski definition) is 6. The Bertz CT molecular complexity index is 1470. The number of halogens is 7. The van der Waals surface area contributed by atoms with Crippen molar-refractivity contribution < 1.29 is 53.6 Å². The van der Waals surface area contributed by atoms with E-state index in [1.165, 1.54) is 25.4 Å². The summed E-state index contributed by atoms with van der Waals surface area (Å²) < 4.78 is 102. The molecular weight excluding hydrogens is 598 g/mol. The Morgan fingerprint density at radius 2 is 1.45 bits per heavy atom. The molecule has 0 spiro atoms. The van der Waals surface area contributed by atoms with Gasteiger partial charge >= 0.3 is 27.8 Å². The van der Waals surface area contributed by atoms with Gasteiger partial charge in [0.2, 0.25) is 0 Å². The van der Waals surface area contributed by atoms with Crippen LogP contribution in [-0.4, -0.2) is 42.4 Å². The molecule has 0 saturated heterocycles. The van der Waals surface area contributed by atoms with Gasteiger partial charge in [-0.05, 0) is 48.5 Å². The Kier molecular flexibility index (Phi) is 10.3. The summed E-state index contributed by atoms with van der Waals surface area (Å²) in [6.45, 7) is 0. The van der Waals surface area contributed by atoms with Gasteiger partial charge in [0.05, 0.1) is 10.6 Å². The monoisotopic (exact) mass is 614 g/mol. The summed E-state index contributed by atoms with van der Waals surface area (Å²) in [6, 6.07) is 11.6. The molecule has 3 amide bonds. The number of rotatable bonds is 5. The van der Waals surface area contributed by atoms with Gasteiger partial charge in [-0.25, -0.2) is 4.79 Å². The highest BCUT2D eigenvalue weighted by atomic mass is 35.5. The molecule has 18 heteroatoms. The van der Waals surface area contributed by atoms with Crippen molar-refractivity contribution in [3.63, 3.8) is 0 Å². The summed E-state index contributed by atoms with van der Waals surface area (Å²) in [5, 5.41) is 6.83. The van der Waals surface area contributed by atoms with Crippen LogP contribution >= 0.6 is 11.6 Å². The van der Waals surface area contributed by atoms with Crippen molar-refractivity contribution in [1.82, 2.24) is 10.3 Å². The molecule has 3 rings (SSSR count). The van der Waals surface area contributed by atoms with Crippen LogP contribution in [-0.2, 0) is 16.3 Å². The van der Waals surface area contributed by atoms with Crippen molar-refractivity contribution in [3.05, 3.63) is 77.1 Å². The molecule has 0 fully saturated rings. The highest BCUT2D eigenvalue weighted by Crippen LogP contribution is 2.36. The molecule has 1 aromatic heterocycles. The summed E-state index contributed by atoms with van der Waals surface area (Å²) in [7, 11) is -4.35. The average Bonchev–Trinajstić information content (AvgIpc) is 2.84. The van der Waals surface area contributed by atoms with Crippen LogP contribution in [0.2, 0.25) is 5.02 Å². The zero-order valence-electron chi connectivity index (χ0n) is 19.8. The summed E-state index contributed by atoms with van der Waals surface area (Å²) in [5.41, 5.74) is -6.08. The normalized spacial score (nSPS) is 11.5. The highest BCUT2D eigenvalue weighted by molar-refractivity contribution is 7.86. The number of pyridine rings is 1. The number of urea groups is 1. The van der Waals surface area contributed by atoms with Gasteiger partial charge in [0.15, 0.2) is 0 Å². The molecule has 4 N–H and O–H groups in total. The second-order valence-electron chi connectivity index (χ2n) is 7.27. The second-order valence-corrected chi connectivity index (χ2v) is 9.09. The number of nitrogens with zero attached hydrogens (tertiary/aromatic N) is 1. The highest BCUT2D eigenvalue weighted by Gasteiger charge is 2.44. The minimum Gasteiger partial charge on any atom is -0.457 e. The number of hydrogen-bond donors (Lipinski definition) is 4. The first-order valence-electron chi connectivity index (χ1n) is 10.3. The largest absolute Gasteiger partial charge is 0.522 e. The minimum atomic E-state index is -5.84. The summed E-state index contributed by atoms with van der Waals surface area (Å²) >= 11 is 5.57. The van der Waals surface area contributed by atoms with Crippen LogP contribution in [0.4, 0.5) is 42.5 Å². The first-order valence-corrected chi connectivity index (χ1v) is 12.2. The number of aromatic nitrogens is 1. The quantitative estimate of drug-likeness (QED) is 0.158. The van der Waals surface area contributed by atoms with Crippen LogP contribution in [0.1, 0.15) is 16.1 Å². The lowest BCUT2D eigenvalue weighted by atomic mass is 10.2. The summed E-state index contributed by atoms with van der Waals surface area (Å²) in [4.78, 5) is 27.7. The summed E-state index contributed by atoms with van der Waals surface area (Å²) in [6.07, 6.45) is -3.21. The fourth-order valence-electron chi connectivity index (χ4n) is 2.58. The van der Waals surface area contributed by atoms with E-state index in [1.54, 1.807) is 30.3 Å². The lowest BCUT2D eigenvalue weighted by Gasteiger charge is -2.12. The predicted octanol–water partition coefficient (Wildman–Crippen LogP) is 5.94. The standard InChI is InChI=1S/C21H16ClF3N4O3.CHF3O3S/c1-26-19(30)18-11-15(8-9-27-18)32-14-5-2-12(3-6-14)28-20(31)29-13-4-7-17(22)16(10-13)21(23,24)25;2-1(3,4)8(5,6)7/h2-11H,1H3,(H,26,30)(H2,28,29,31);(H,5,6,7). The van der Waals surface area contributed by atoms with Crippen LogP contribution < -0.4 is 20.7 Å². The van der Waals surface area contributed by atoms with Crippen LogP contribution in [0.3, 0.4) is 0 Å². The molecule has 216 valence electrons. The minimum absolute atomic E-state index is 0.0659. The van der Waals surface area contributed by atoms with Crippen LogP contribution in [0, 0.1) is 0 Å². The van der Waals surface area contributed by atoms with Gasteiger partial charge in [0, 0.05) is 30.7 Å². The van der Waals surface area contributed by atoms with Crippen molar-refractivity contribution in [3.8, 4) is 11.5 Å². The topological polar surface area (TPSA) is 147 Å². The Morgan fingerprint density at radius 3 is 1.98 bits per heavy atom. The van der Waals surface area contributed by atoms with Crippen molar-refractivity contribution in [2.75, 3.05) is 17.7 Å². The number of nitrogens with one attached hydrogen (secondary N) is 3. The number of carbonyl (C=O) groups is 2. The van der Waals surface area contributed by atoms with Gasteiger partial charge in [0.1, 0.15) is 17.2 Å². The van der Waals surface area contributed by atoms with E-state index in [-0.39, 0.29) is 17.3 Å². The molecular formula is C22H17ClF6N4O6S. The zero-order valence-corrected chi connectivity index (χ0v) is 21.3. The van der Waals surface area contributed by atoms with Gasteiger partial charge in [-0.15, -0.1) is 0 Å². The molecule has 40 heavy (non-hydrogen) atoms. The van der Waals surface area contributed by atoms with Crippen molar-refractivity contribution in [2.45, 2.75) is 11.7 Å². The molecule has 10 nitrogen and oxygen atoms in total. The van der Waals surface area contributed by atoms with E-state index in [0.29, 0.717) is 17.2 Å². The van der Waals surface area contributed by atoms with Gasteiger partial charge in [0.25, 0.3) is 5.91 Å². The molecule has 3 aromatic rings. The molecule has 0 aliphatic carbocycles. The van der Waals surface area contributed by atoms with E-state index in [2.05, 4.69) is 20.9 Å². The number of carbonyl (C=O) groups excluding carboxylic acids is 2. The van der Waals surface area contributed by atoms with E-state index in [9.17, 15) is 35.9 Å². The van der Waals surface area contributed by atoms with Crippen LogP contribution in [0.15, 0.2) is 60.8 Å². The van der Waals surface area contributed by atoms with Crippen LogP contribution in [0.25, 0.3) is 0 Å².